The second-order valence-electron chi connectivity index (χ2n) is 4.39. The summed E-state index contributed by atoms with van der Waals surface area (Å²) in [7, 11) is 0. The number of benzene rings is 1. The highest BCUT2D eigenvalue weighted by molar-refractivity contribution is 5.86. The van der Waals surface area contributed by atoms with E-state index in [1.165, 1.54) is 6.92 Å². The van der Waals surface area contributed by atoms with Crippen molar-refractivity contribution >= 4 is 11.9 Å². The first-order valence-electron chi connectivity index (χ1n) is 6.35. The second kappa shape index (κ2) is 5.54. The van der Waals surface area contributed by atoms with Gasteiger partial charge in [-0.25, -0.2) is 9.97 Å². The smallest absolute Gasteiger partial charge is 0.230 e. The van der Waals surface area contributed by atoms with Crippen molar-refractivity contribution in [2.24, 2.45) is 0 Å². The van der Waals surface area contributed by atoms with Crippen LogP contribution in [0.25, 0.3) is 22.7 Å². The Hall–Kier alpha value is -3.02. The maximum absolute atomic E-state index is 11.0. The fourth-order valence-corrected chi connectivity index (χ4v) is 1.85. The molecule has 6 nitrogen and oxygen atoms in total. The van der Waals surface area contributed by atoms with E-state index in [1.54, 1.807) is 18.3 Å². The number of amides is 1. The lowest BCUT2D eigenvalue weighted by atomic mass is 10.1. The first-order chi connectivity index (χ1) is 10.2. The van der Waals surface area contributed by atoms with Gasteiger partial charge in [-0.2, -0.15) is 0 Å². The average Bonchev–Trinajstić information content (AvgIpc) is 2.98. The van der Waals surface area contributed by atoms with Gasteiger partial charge in [-0.3, -0.25) is 10.1 Å². The molecule has 1 aromatic carbocycles. The van der Waals surface area contributed by atoms with Gasteiger partial charge in [0.05, 0.1) is 0 Å². The van der Waals surface area contributed by atoms with Crippen LogP contribution in [0, 0.1) is 0 Å². The van der Waals surface area contributed by atoms with Crippen molar-refractivity contribution in [3.05, 3.63) is 48.7 Å². The van der Waals surface area contributed by atoms with Crippen LogP contribution in [0.3, 0.4) is 0 Å². The van der Waals surface area contributed by atoms with Crippen molar-refractivity contribution in [1.82, 2.24) is 15.1 Å². The topological polar surface area (TPSA) is 80.9 Å². The molecule has 2 aromatic heterocycles. The number of hydrogen-bond acceptors (Lipinski definition) is 5. The molecule has 0 aliphatic carbocycles. The Balaban J connectivity index is 1.91. The molecule has 0 unspecified atom stereocenters. The molecule has 6 heteroatoms. The Morgan fingerprint density at radius 1 is 1.14 bits per heavy atom. The van der Waals surface area contributed by atoms with Gasteiger partial charge in [0, 0.05) is 24.8 Å². The van der Waals surface area contributed by atoms with Crippen molar-refractivity contribution in [3.63, 3.8) is 0 Å². The van der Waals surface area contributed by atoms with Gasteiger partial charge in [0.2, 0.25) is 11.9 Å². The molecule has 0 aliphatic rings. The minimum Gasteiger partial charge on any atom is -0.354 e. The van der Waals surface area contributed by atoms with Gasteiger partial charge in [0.1, 0.15) is 11.4 Å². The van der Waals surface area contributed by atoms with Crippen LogP contribution in [-0.4, -0.2) is 21.0 Å². The molecule has 0 saturated carbocycles. The Kier molecular flexibility index (Phi) is 3.42. The number of aromatic nitrogens is 3. The van der Waals surface area contributed by atoms with E-state index >= 15 is 0 Å². The summed E-state index contributed by atoms with van der Waals surface area (Å²) >= 11 is 0. The van der Waals surface area contributed by atoms with Gasteiger partial charge < -0.3 is 4.52 Å². The van der Waals surface area contributed by atoms with Crippen LogP contribution in [-0.2, 0) is 4.79 Å². The van der Waals surface area contributed by atoms with Crippen LogP contribution in [0.1, 0.15) is 6.92 Å². The zero-order valence-electron chi connectivity index (χ0n) is 11.3. The lowest BCUT2D eigenvalue weighted by molar-refractivity contribution is -0.114. The average molecular weight is 280 g/mol. The van der Waals surface area contributed by atoms with Crippen LogP contribution in [0.2, 0.25) is 0 Å². The fraction of sp³-hybridized carbons (Fsp3) is 0.0667. The van der Waals surface area contributed by atoms with E-state index in [-0.39, 0.29) is 11.9 Å². The highest BCUT2D eigenvalue weighted by atomic mass is 16.5. The molecule has 104 valence electrons. The van der Waals surface area contributed by atoms with Crippen LogP contribution in [0.15, 0.2) is 53.2 Å². The first kappa shape index (κ1) is 13.0. The zero-order valence-corrected chi connectivity index (χ0v) is 11.3. The molecule has 1 N–H and O–H groups in total. The van der Waals surface area contributed by atoms with Gasteiger partial charge in [-0.05, 0) is 6.07 Å². The van der Waals surface area contributed by atoms with E-state index in [0.29, 0.717) is 11.5 Å². The maximum atomic E-state index is 11.0. The molecule has 1 amide bonds. The number of hydrogen-bond donors (Lipinski definition) is 1. The molecule has 2 heterocycles. The predicted octanol–water partition coefficient (Wildman–Crippen LogP) is 2.76. The van der Waals surface area contributed by atoms with E-state index in [9.17, 15) is 4.79 Å². The van der Waals surface area contributed by atoms with Gasteiger partial charge >= 0.3 is 0 Å². The molecule has 21 heavy (non-hydrogen) atoms. The lowest BCUT2D eigenvalue weighted by Gasteiger charge is -2.00. The molecular formula is C15H12N4O2. The van der Waals surface area contributed by atoms with E-state index < -0.39 is 0 Å². The summed E-state index contributed by atoms with van der Waals surface area (Å²) < 4.78 is 5.31. The van der Waals surface area contributed by atoms with Crippen LogP contribution in [0.5, 0.6) is 0 Å². The van der Waals surface area contributed by atoms with Crippen molar-refractivity contribution in [2.75, 3.05) is 5.32 Å². The number of nitrogens with zero attached hydrogens (tertiary/aromatic N) is 3. The van der Waals surface area contributed by atoms with E-state index in [2.05, 4.69) is 20.4 Å². The molecule has 0 atom stereocenters. The SMILES string of the molecule is CC(=O)Nc1nccc(-c2cc(-c3ccccc3)no2)n1. The standard InChI is InChI=1S/C15H12N4O2/c1-10(20)17-15-16-8-7-12(18-15)14-9-13(19-21-14)11-5-3-2-4-6-11/h2-9H,1H3,(H,16,17,18,20). The first-order valence-corrected chi connectivity index (χ1v) is 6.35. The summed E-state index contributed by atoms with van der Waals surface area (Å²) in [4.78, 5) is 19.2. The van der Waals surface area contributed by atoms with Crippen molar-refractivity contribution in [2.45, 2.75) is 6.92 Å². The van der Waals surface area contributed by atoms with Crippen molar-refractivity contribution in [3.8, 4) is 22.7 Å². The molecule has 0 aliphatic heterocycles. The number of rotatable bonds is 3. The summed E-state index contributed by atoms with van der Waals surface area (Å²) in [6.45, 7) is 1.40. The zero-order chi connectivity index (χ0) is 14.7. The Morgan fingerprint density at radius 3 is 2.71 bits per heavy atom. The van der Waals surface area contributed by atoms with Crippen LogP contribution in [0.4, 0.5) is 5.95 Å². The number of nitrogens with one attached hydrogen (secondary N) is 1. The summed E-state index contributed by atoms with van der Waals surface area (Å²) in [5.74, 6) is 0.523. The van der Waals surface area contributed by atoms with E-state index in [1.807, 2.05) is 30.3 Å². The number of anilines is 1. The van der Waals surface area contributed by atoms with Gasteiger partial charge in [-0.1, -0.05) is 35.5 Å². The molecule has 0 radical (unpaired) electrons. The summed E-state index contributed by atoms with van der Waals surface area (Å²) in [5.41, 5.74) is 2.25. The number of carbonyl (C=O) groups is 1. The lowest BCUT2D eigenvalue weighted by Crippen LogP contribution is -2.09. The van der Waals surface area contributed by atoms with Gasteiger partial charge in [-0.15, -0.1) is 0 Å². The minimum atomic E-state index is -0.227. The molecule has 0 bridgehead atoms. The van der Waals surface area contributed by atoms with Gasteiger partial charge in [0.25, 0.3) is 0 Å². The highest BCUT2D eigenvalue weighted by Gasteiger charge is 2.10. The molecule has 0 spiro atoms. The second-order valence-corrected chi connectivity index (χ2v) is 4.39. The Morgan fingerprint density at radius 2 is 1.95 bits per heavy atom. The fourth-order valence-electron chi connectivity index (χ4n) is 1.85. The molecular weight excluding hydrogens is 268 g/mol. The molecule has 0 fully saturated rings. The molecule has 0 saturated heterocycles. The van der Waals surface area contributed by atoms with Crippen molar-refractivity contribution in [1.29, 1.82) is 0 Å². The molecule has 3 rings (SSSR count). The predicted molar refractivity (Wildman–Crippen MR) is 77.3 cm³/mol. The van der Waals surface area contributed by atoms with Gasteiger partial charge in [0.15, 0.2) is 5.76 Å². The minimum absolute atomic E-state index is 0.227. The Bertz CT molecular complexity index is 768. The molecule has 3 aromatic rings. The third kappa shape index (κ3) is 2.94. The van der Waals surface area contributed by atoms with Crippen LogP contribution >= 0.6 is 0 Å². The van der Waals surface area contributed by atoms with E-state index in [0.717, 1.165) is 11.3 Å². The highest BCUT2D eigenvalue weighted by Crippen LogP contribution is 2.24. The normalized spacial score (nSPS) is 10.3. The Labute approximate surface area is 120 Å². The van der Waals surface area contributed by atoms with E-state index in [4.69, 9.17) is 4.52 Å². The third-order valence-electron chi connectivity index (χ3n) is 2.78. The maximum Gasteiger partial charge on any atom is 0.230 e. The number of carbonyl (C=O) groups excluding carboxylic acids is 1. The largest absolute Gasteiger partial charge is 0.354 e. The van der Waals surface area contributed by atoms with Crippen molar-refractivity contribution < 1.29 is 9.32 Å². The summed E-state index contributed by atoms with van der Waals surface area (Å²) in [6, 6.07) is 13.2. The van der Waals surface area contributed by atoms with Crippen LogP contribution < -0.4 is 5.32 Å². The summed E-state index contributed by atoms with van der Waals surface area (Å²) in [5, 5.41) is 6.56. The monoisotopic (exact) mass is 280 g/mol. The summed E-state index contributed by atoms with van der Waals surface area (Å²) in [6.07, 6.45) is 1.55. The quantitative estimate of drug-likeness (QED) is 0.797. The third-order valence-corrected chi connectivity index (χ3v) is 2.78.